The number of H-pyrrole nitrogens is 1. The van der Waals surface area contributed by atoms with E-state index in [0.717, 1.165) is 47.8 Å². The second-order valence-corrected chi connectivity index (χ2v) is 10.5. The highest BCUT2D eigenvalue weighted by atomic mass is 32.2. The number of benzene rings is 1. The summed E-state index contributed by atoms with van der Waals surface area (Å²) in [7, 11) is 0. The summed E-state index contributed by atoms with van der Waals surface area (Å²) in [6.45, 7) is 12.4. The third-order valence-corrected chi connectivity index (χ3v) is 7.09. The Labute approximate surface area is 193 Å². The molecule has 7 heteroatoms. The molecule has 1 atom stereocenters. The van der Waals surface area contributed by atoms with E-state index < -0.39 is 5.92 Å². The molecule has 6 nitrogen and oxygen atoms in total. The molecule has 0 saturated heterocycles. The maximum Gasteiger partial charge on any atom is 0.257 e. The van der Waals surface area contributed by atoms with Crippen molar-refractivity contribution in [1.82, 2.24) is 9.97 Å². The molecule has 2 aromatic rings. The zero-order valence-corrected chi connectivity index (χ0v) is 20.4. The predicted molar refractivity (Wildman–Crippen MR) is 132 cm³/mol. The van der Waals surface area contributed by atoms with Gasteiger partial charge in [-0.15, -0.1) is 0 Å². The van der Waals surface area contributed by atoms with Crippen LogP contribution >= 0.6 is 11.8 Å². The zero-order valence-electron chi connectivity index (χ0n) is 19.5. The van der Waals surface area contributed by atoms with Crippen LogP contribution in [-0.2, 0) is 4.79 Å². The third-order valence-electron chi connectivity index (χ3n) is 6.34. The fourth-order valence-corrected chi connectivity index (χ4v) is 5.49. The van der Waals surface area contributed by atoms with Crippen molar-refractivity contribution in [3.63, 3.8) is 0 Å². The normalized spacial score (nSPS) is 19.3. The number of nitrogens with zero attached hydrogens (tertiary/aromatic N) is 2. The Morgan fingerprint density at radius 2 is 1.78 bits per heavy atom. The minimum Gasteiger partial charge on any atom is -0.372 e. The van der Waals surface area contributed by atoms with Crippen LogP contribution in [0, 0.1) is 5.41 Å². The number of aromatic amines is 1. The number of thioether (sulfide) groups is 1. The van der Waals surface area contributed by atoms with Crippen LogP contribution in [0.3, 0.4) is 0 Å². The number of allylic oxidation sites excluding steroid dienone is 2. The average Bonchev–Trinajstić information content (AvgIpc) is 2.73. The maximum atomic E-state index is 13.3. The van der Waals surface area contributed by atoms with Crippen molar-refractivity contribution in [2.24, 2.45) is 5.41 Å². The van der Waals surface area contributed by atoms with E-state index in [1.165, 1.54) is 11.8 Å². The van der Waals surface area contributed by atoms with Gasteiger partial charge in [0, 0.05) is 42.4 Å². The molecule has 0 fully saturated rings. The van der Waals surface area contributed by atoms with E-state index in [2.05, 4.69) is 67.2 Å². The van der Waals surface area contributed by atoms with Gasteiger partial charge in [0.1, 0.15) is 5.82 Å². The van der Waals surface area contributed by atoms with Crippen molar-refractivity contribution < 1.29 is 4.79 Å². The maximum absolute atomic E-state index is 13.3. The highest BCUT2D eigenvalue weighted by Gasteiger charge is 2.42. The Kier molecular flexibility index (Phi) is 6.21. The molecule has 1 unspecified atom stereocenters. The fraction of sp³-hybridized carbons (Fsp3) is 0.480. The first-order valence-electron chi connectivity index (χ1n) is 11.4. The summed E-state index contributed by atoms with van der Waals surface area (Å²) in [5.41, 5.74) is 3.94. The molecule has 0 spiro atoms. The summed E-state index contributed by atoms with van der Waals surface area (Å²) in [6.07, 6.45) is 1.23. The summed E-state index contributed by atoms with van der Waals surface area (Å²) in [6, 6.07) is 8.29. The van der Waals surface area contributed by atoms with Crippen molar-refractivity contribution in [2.75, 3.05) is 29.1 Å². The SMILES string of the molecule is CCSc1nc2c(c(=O)[nH]1)C(c1ccc(N(CC)CC)cc1)C1=C(CC(C)(C)CC1=O)N2. The Balaban J connectivity index is 1.88. The summed E-state index contributed by atoms with van der Waals surface area (Å²) in [5.74, 6) is 1.09. The molecule has 4 rings (SSSR count). The lowest BCUT2D eigenvalue weighted by Gasteiger charge is -2.38. The number of hydrogen-bond acceptors (Lipinski definition) is 6. The first kappa shape index (κ1) is 22.6. The van der Waals surface area contributed by atoms with Crippen molar-refractivity contribution >= 4 is 29.1 Å². The highest BCUT2D eigenvalue weighted by Crippen LogP contribution is 2.47. The van der Waals surface area contributed by atoms with Gasteiger partial charge in [0.05, 0.1) is 5.56 Å². The molecular formula is C25H32N4O2S. The zero-order chi connectivity index (χ0) is 23.0. The number of ketones is 1. The number of nitrogens with one attached hydrogen (secondary N) is 2. The number of hydrogen-bond donors (Lipinski definition) is 2. The molecule has 1 aromatic carbocycles. The molecule has 1 aromatic heterocycles. The van der Waals surface area contributed by atoms with E-state index in [0.29, 0.717) is 23.0 Å². The van der Waals surface area contributed by atoms with Crippen molar-refractivity contribution in [3.05, 3.63) is 57.0 Å². The number of carbonyl (C=O) groups is 1. The van der Waals surface area contributed by atoms with Crippen LogP contribution in [0.5, 0.6) is 0 Å². The lowest BCUT2D eigenvalue weighted by atomic mass is 9.69. The van der Waals surface area contributed by atoms with Gasteiger partial charge in [0.25, 0.3) is 5.56 Å². The van der Waals surface area contributed by atoms with Gasteiger partial charge in [-0.2, -0.15) is 0 Å². The van der Waals surface area contributed by atoms with E-state index in [9.17, 15) is 9.59 Å². The van der Waals surface area contributed by atoms with Crippen molar-refractivity contribution in [3.8, 4) is 0 Å². The minimum atomic E-state index is -0.410. The van der Waals surface area contributed by atoms with Crippen LogP contribution in [0.1, 0.15) is 64.5 Å². The standard InChI is InChI=1S/C25H32N4O2S/c1-6-29(7-2)16-11-9-15(10-12-16)19-20-17(13-25(4,5)14-18(20)30)26-22-21(19)23(31)28-24(27-22)32-8-3/h9-12,19H,6-8,13-14H2,1-5H3,(H2,26,27,28,31). The van der Waals surface area contributed by atoms with Crippen molar-refractivity contribution in [2.45, 2.75) is 58.5 Å². The number of aromatic nitrogens is 2. The van der Waals surface area contributed by atoms with Crippen LogP contribution in [0.2, 0.25) is 0 Å². The molecule has 0 amide bonds. The van der Waals surface area contributed by atoms with Gasteiger partial charge in [-0.1, -0.05) is 44.7 Å². The van der Waals surface area contributed by atoms with E-state index in [1.54, 1.807) is 0 Å². The van der Waals surface area contributed by atoms with Gasteiger partial charge < -0.3 is 15.2 Å². The molecule has 1 aliphatic heterocycles. The van der Waals surface area contributed by atoms with Crippen LogP contribution in [-0.4, -0.2) is 34.6 Å². The lowest BCUT2D eigenvalue weighted by molar-refractivity contribution is -0.118. The molecule has 0 bridgehead atoms. The van der Waals surface area contributed by atoms with E-state index in [-0.39, 0.29) is 16.8 Å². The van der Waals surface area contributed by atoms with Gasteiger partial charge in [-0.25, -0.2) is 4.98 Å². The molecule has 1 aliphatic carbocycles. The smallest absolute Gasteiger partial charge is 0.257 e. The van der Waals surface area contributed by atoms with Crippen LogP contribution in [0.15, 0.2) is 45.5 Å². The van der Waals surface area contributed by atoms with Gasteiger partial charge in [-0.3, -0.25) is 9.59 Å². The molecular weight excluding hydrogens is 420 g/mol. The number of Topliss-reactive ketones (excluding diaryl/α,β-unsaturated/α-hetero) is 1. The number of fused-ring (bicyclic) bond motifs is 1. The van der Waals surface area contributed by atoms with E-state index >= 15 is 0 Å². The summed E-state index contributed by atoms with van der Waals surface area (Å²) in [4.78, 5) is 36.5. The number of anilines is 2. The van der Waals surface area contributed by atoms with E-state index in [1.807, 2.05) is 6.92 Å². The number of carbonyl (C=O) groups excluding carboxylic acids is 1. The summed E-state index contributed by atoms with van der Waals surface area (Å²) in [5, 5.41) is 3.98. The Morgan fingerprint density at radius 1 is 1.09 bits per heavy atom. The largest absolute Gasteiger partial charge is 0.372 e. The molecule has 2 aliphatic rings. The molecule has 170 valence electrons. The second kappa shape index (κ2) is 8.77. The fourth-order valence-electron chi connectivity index (χ4n) is 4.90. The van der Waals surface area contributed by atoms with Gasteiger partial charge in [0.2, 0.25) is 0 Å². The van der Waals surface area contributed by atoms with Crippen LogP contribution < -0.4 is 15.8 Å². The van der Waals surface area contributed by atoms with E-state index in [4.69, 9.17) is 4.98 Å². The third kappa shape index (κ3) is 4.10. The van der Waals surface area contributed by atoms with Crippen molar-refractivity contribution in [1.29, 1.82) is 0 Å². The number of rotatable bonds is 6. The Bertz CT molecular complexity index is 1110. The monoisotopic (exact) mass is 452 g/mol. The Hall–Kier alpha value is -2.54. The Morgan fingerprint density at radius 3 is 2.41 bits per heavy atom. The second-order valence-electron chi connectivity index (χ2n) is 9.22. The molecule has 2 N–H and O–H groups in total. The first-order valence-corrected chi connectivity index (χ1v) is 12.4. The van der Waals surface area contributed by atoms with Crippen LogP contribution in [0.25, 0.3) is 0 Å². The topological polar surface area (TPSA) is 78.1 Å². The summed E-state index contributed by atoms with van der Waals surface area (Å²) < 4.78 is 0. The predicted octanol–water partition coefficient (Wildman–Crippen LogP) is 4.93. The van der Waals surface area contributed by atoms with Gasteiger partial charge in [0.15, 0.2) is 10.9 Å². The van der Waals surface area contributed by atoms with Crippen LogP contribution in [0.4, 0.5) is 11.5 Å². The highest BCUT2D eigenvalue weighted by molar-refractivity contribution is 7.99. The first-order chi connectivity index (χ1) is 15.3. The molecule has 32 heavy (non-hydrogen) atoms. The molecule has 0 radical (unpaired) electrons. The molecule has 0 saturated carbocycles. The molecule has 2 heterocycles. The lowest BCUT2D eigenvalue weighted by Crippen LogP contribution is -2.37. The average molecular weight is 453 g/mol. The quantitative estimate of drug-likeness (QED) is 0.478. The summed E-state index contributed by atoms with van der Waals surface area (Å²) >= 11 is 1.50. The van der Waals surface area contributed by atoms with Gasteiger partial charge in [-0.05, 0) is 49.1 Å². The minimum absolute atomic E-state index is 0.110. The van der Waals surface area contributed by atoms with Gasteiger partial charge >= 0.3 is 0 Å².